The molecular formula is C9H15NO4. The van der Waals surface area contributed by atoms with Gasteiger partial charge in [0.2, 0.25) is 0 Å². The third-order valence-electron chi connectivity index (χ3n) is 1.47. The van der Waals surface area contributed by atoms with E-state index in [1.807, 2.05) is 0 Å². The molecule has 14 heavy (non-hydrogen) atoms. The van der Waals surface area contributed by atoms with Gasteiger partial charge in [-0.3, -0.25) is 0 Å². The zero-order chi connectivity index (χ0) is 11.3. The second-order valence-corrected chi connectivity index (χ2v) is 3.14. The van der Waals surface area contributed by atoms with Crippen LogP contribution >= 0.6 is 0 Å². The van der Waals surface area contributed by atoms with Crippen molar-refractivity contribution in [3.8, 4) is 0 Å². The second kappa shape index (κ2) is 5.26. The number of hydrogen-bond donors (Lipinski definition) is 1. The minimum atomic E-state index is -1.02. The van der Waals surface area contributed by atoms with Gasteiger partial charge in [-0.15, -0.1) is 0 Å². The van der Waals surface area contributed by atoms with Crippen molar-refractivity contribution in [3.63, 3.8) is 0 Å². The fraction of sp³-hybridized carbons (Fsp3) is 0.556. The van der Waals surface area contributed by atoms with Crippen molar-refractivity contribution in [3.05, 3.63) is 11.6 Å². The maximum absolute atomic E-state index is 11.0. The smallest absolute Gasteiger partial charge is 0.409 e. The second-order valence-electron chi connectivity index (χ2n) is 3.14. The molecule has 0 aromatic rings. The van der Waals surface area contributed by atoms with Gasteiger partial charge in [0.1, 0.15) is 6.10 Å². The third-order valence-corrected chi connectivity index (χ3v) is 1.47. The number of carbonyl (C=O) groups excluding carboxylic acids is 1. The molecule has 0 bridgehead atoms. The van der Waals surface area contributed by atoms with Gasteiger partial charge >= 0.3 is 12.1 Å². The van der Waals surface area contributed by atoms with E-state index in [0.29, 0.717) is 0 Å². The minimum Gasteiger partial charge on any atom is -0.478 e. The first-order valence-corrected chi connectivity index (χ1v) is 4.14. The zero-order valence-corrected chi connectivity index (χ0v) is 8.77. The molecular weight excluding hydrogens is 186 g/mol. The maximum atomic E-state index is 11.0. The highest BCUT2D eigenvalue weighted by molar-refractivity contribution is 5.85. The van der Waals surface area contributed by atoms with E-state index in [2.05, 4.69) is 0 Å². The molecule has 5 heteroatoms. The van der Waals surface area contributed by atoms with Gasteiger partial charge in [-0.1, -0.05) is 0 Å². The van der Waals surface area contributed by atoms with Gasteiger partial charge in [0.25, 0.3) is 0 Å². The van der Waals surface area contributed by atoms with E-state index in [1.165, 1.54) is 17.9 Å². The Labute approximate surface area is 83.0 Å². The number of carboxylic acids is 1. The van der Waals surface area contributed by atoms with Crippen molar-refractivity contribution in [1.82, 2.24) is 4.90 Å². The van der Waals surface area contributed by atoms with Crippen LogP contribution < -0.4 is 0 Å². The summed E-state index contributed by atoms with van der Waals surface area (Å²) in [7, 11) is 3.12. The summed E-state index contributed by atoms with van der Waals surface area (Å²) >= 11 is 0. The van der Waals surface area contributed by atoms with Gasteiger partial charge in [0.15, 0.2) is 0 Å². The Morgan fingerprint density at radius 3 is 2.29 bits per heavy atom. The topological polar surface area (TPSA) is 66.8 Å². The Balaban J connectivity index is 4.23. The Kier molecular flexibility index (Phi) is 4.69. The van der Waals surface area contributed by atoms with Crippen LogP contribution in [-0.2, 0) is 9.53 Å². The summed E-state index contributed by atoms with van der Waals surface area (Å²) in [6.07, 6.45) is 0.344. The first kappa shape index (κ1) is 12.5. The standard InChI is InChI=1S/C9H15NO4/c1-6(8(11)12)5-7(2)14-9(13)10(3)4/h5,7H,1-4H3,(H,11,12)/b6-5+. The summed E-state index contributed by atoms with van der Waals surface area (Å²) in [5, 5.41) is 8.56. The fourth-order valence-corrected chi connectivity index (χ4v) is 0.722. The van der Waals surface area contributed by atoms with Crippen molar-refractivity contribution in [2.75, 3.05) is 14.1 Å². The molecule has 0 spiro atoms. The van der Waals surface area contributed by atoms with Crippen LogP contribution in [0, 0.1) is 0 Å². The van der Waals surface area contributed by atoms with E-state index in [0.717, 1.165) is 0 Å². The first-order chi connectivity index (χ1) is 6.34. The average molecular weight is 201 g/mol. The maximum Gasteiger partial charge on any atom is 0.409 e. The number of carboxylic acid groups (broad SMARTS) is 1. The summed E-state index contributed by atoms with van der Waals surface area (Å²) in [6.45, 7) is 3.05. The first-order valence-electron chi connectivity index (χ1n) is 4.14. The number of nitrogens with zero attached hydrogens (tertiary/aromatic N) is 1. The van der Waals surface area contributed by atoms with Crippen LogP contribution in [0.1, 0.15) is 13.8 Å². The molecule has 0 saturated heterocycles. The predicted molar refractivity (Wildman–Crippen MR) is 51.0 cm³/mol. The normalized spacial score (nSPS) is 13.3. The van der Waals surface area contributed by atoms with Gasteiger partial charge in [0, 0.05) is 19.7 Å². The van der Waals surface area contributed by atoms with Gasteiger partial charge < -0.3 is 14.7 Å². The highest BCUT2D eigenvalue weighted by Crippen LogP contribution is 2.01. The molecule has 0 radical (unpaired) electrons. The third kappa shape index (κ3) is 4.49. The monoisotopic (exact) mass is 201 g/mol. The molecule has 0 aliphatic carbocycles. The van der Waals surface area contributed by atoms with E-state index < -0.39 is 18.2 Å². The predicted octanol–water partition coefficient (Wildman–Crippen LogP) is 1.10. The molecule has 0 rings (SSSR count). The van der Waals surface area contributed by atoms with Crippen LogP contribution in [0.4, 0.5) is 4.79 Å². The molecule has 0 aliphatic heterocycles. The molecule has 0 saturated carbocycles. The number of aliphatic carboxylic acids is 1. The van der Waals surface area contributed by atoms with Crippen LogP contribution in [0.15, 0.2) is 11.6 Å². The molecule has 5 nitrogen and oxygen atoms in total. The molecule has 80 valence electrons. The van der Waals surface area contributed by atoms with Gasteiger partial charge in [-0.05, 0) is 19.9 Å². The highest BCUT2D eigenvalue weighted by atomic mass is 16.6. The van der Waals surface area contributed by atoms with Crippen LogP contribution in [0.25, 0.3) is 0 Å². The molecule has 0 aromatic carbocycles. The molecule has 1 unspecified atom stereocenters. The quantitative estimate of drug-likeness (QED) is 0.694. The van der Waals surface area contributed by atoms with Crippen molar-refractivity contribution in [1.29, 1.82) is 0 Å². The van der Waals surface area contributed by atoms with E-state index in [4.69, 9.17) is 9.84 Å². The lowest BCUT2D eigenvalue weighted by Gasteiger charge is -2.14. The lowest BCUT2D eigenvalue weighted by Crippen LogP contribution is -2.26. The van der Waals surface area contributed by atoms with Gasteiger partial charge in [-0.2, -0.15) is 0 Å². The lowest BCUT2D eigenvalue weighted by molar-refractivity contribution is -0.132. The van der Waals surface area contributed by atoms with Gasteiger partial charge in [0.05, 0.1) is 0 Å². The SMILES string of the molecule is C/C(=C\C(C)OC(=O)N(C)C)C(=O)O. The Hall–Kier alpha value is -1.52. The summed E-state index contributed by atoms with van der Waals surface area (Å²) in [5.41, 5.74) is 0.157. The number of amides is 1. The Morgan fingerprint density at radius 2 is 1.93 bits per heavy atom. The van der Waals surface area contributed by atoms with Crippen molar-refractivity contribution < 1.29 is 19.4 Å². The van der Waals surface area contributed by atoms with Crippen LogP contribution in [-0.4, -0.2) is 42.3 Å². The number of rotatable bonds is 3. The Bertz CT molecular complexity index is 258. The molecule has 0 heterocycles. The van der Waals surface area contributed by atoms with E-state index >= 15 is 0 Å². The molecule has 1 N–H and O–H groups in total. The van der Waals surface area contributed by atoms with Crippen molar-refractivity contribution >= 4 is 12.1 Å². The fourth-order valence-electron chi connectivity index (χ4n) is 0.722. The molecule has 0 aromatic heterocycles. The molecule has 0 fully saturated rings. The van der Waals surface area contributed by atoms with E-state index in [-0.39, 0.29) is 5.57 Å². The van der Waals surface area contributed by atoms with Crippen LogP contribution in [0.3, 0.4) is 0 Å². The van der Waals surface area contributed by atoms with Crippen molar-refractivity contribution in [2.24, 2.45) is 0 Å². The summed E-state index contributed by atoms with van der Waals surface area (Å²) in [5.74, 6) is -1.02. The van der Waals surface area contributed by atoms with Crippen molar-refractivity contribution in [2.45, 2.75) is 20.0 Å². The molecule has 1 amide bonds. The summed E-state index contributed by atoms with van der Waals surface area (Å²) in [4.78, 5) is 22.7. The van der Waals surface area contributed by atoms with Crippen LogP contribution in [0.2, 0.25) is 0 Å². The highest BCUT2D eigenvalue weighted by Gasteiger charge is 2.10. The minimum absolute atomic E-state index is 0.157. The summed E-state index contributed by atoms with van der Waals surface area (Å²) < 4.78 is 4.88. The number of ether oxygens (including phenoxy) is 1. The Morgan fingerprint density at radius 1 is 1.43 bits per heavy atom. The van der Waals surface area contributed by atoms with Gasteiger partial charge in [-0.25, -0.2) is 9.59 Å². The summed E-state index contributed by atoms with van der Waals surface area (Å²) in [6, 6.07) is 0. The largest absolute Gasteiger partial charge is 0.478 e. The molecule has 1 atom stereocenters. The average Bonchev–Trinajstić information content (AvgIpc) is 2.03. The molecule has 0 aliphatic rings. The number of hydrogen-bond acceptors (Lipinski definition) is 3. The number of carbonyl (C=O) groups is 2. The van der Waals surface area contributed by atoms with Crippen LogP contribution in [0.5, 0.6) is 0 Å². The van der Waals surface area contributed by atoms with E-state index in [9.17, 15) is 9.59 Å². The van der Waals surface area contributed by atoms with E-state index in [1.54, 1.807) is 21.0 Å². The lowest BCUT2D eigenvalue weighted by atomic mass is 10.2. The zero-order valence-electron chi connectivity index (χ0n) is 8.77.